The van der Waals surface area contributed by atoms with E-state index >= 15 is 0 Å². The molecule has 3 saturated carbocycles. The Morgan fingerprint density at radius 1 is 1.00 bits per heavy atom. The van der Waals surface area contributed by atoms with E-state index < -0.39 is 0 Å². The van der Waals surface area contributed by atoms with Gasteiger partial charge in [-0.2, -0.15) is 0 Å². The number of rotatable bonds is 4. The lowest BCUT2D eigenvalue weighted by Gasteiger charge is -2.58. The molecule has 0 saturated heterocycles. The second kappa shape index (κ2) is 8.24. The summed E-state index contributed by atoms with van der Waals surface area (Å²) in [6, 6.07) is 9.34. The SMILES string of the molecule is CC(C)c1ccc(SC[C@H]2CC[C@H]3[C@@H]4CC=C5C[C@@H](O)CC[C@]5(C)[C@H]4CC[C@]23C)cc1. The Balaban J connectivity index is 1.29. The maximum absolute atomic E-state index is 10.2. The Morgan fingerprint density at radius 3 is 2.52 bits per heavy atom. The molecule has 0 aliphatic heterocycles. The van der Waals surface area contributed by atoms with Crippen molar-refractivity contribution in [3.63, 3.8) is 0 Å². The van der Waals surface area contributed by atoms with Crippen LogP contribution >= 0.6 is 11.8 Å². The highest BCUT2D eigenvalue weighted by atomic mass is 32.2. The van der Waals surface area contributed by atoms with Crippen LogP contribution in [0.2, 0.25) is 0 Å². The largest absolute Gasteiger partial charge is 0.393 e. The maximum Gasteiger partial charge on any atom is 0.0577 e. The molecule has 170 valence electrons. The molecule has 0 unspecified atom stereocenters. The summed E-state index contributed by atoms with van der Waals surface area (Å²) in [6.07, 6.45) is 12.6. The molecule has 0 aromatic heterocycles. The lowest BCUT2D eigenvalue weighted by molar-refractivity contribution is -0.0468. The minimum Gasteiger partial charge on any atom is -0.393 e. The number of thioether (sulfide) groups is 1. The van der Waals surface area contributed by atoms with Gasteiger partial charge < -0.3 is 5.11 Å². The summed E-state index contributed by atoms with van der Waals surface area (Å²) in [6.45, 7) is 9.75. The standard InChI is InChI=1S/C29H42OS/c1-19(2)20-5-9-24(10-6-20)31-18-22-8-12-26-25-11-7-21-17-23(30)13-15-28(21,3)27(25)14-16-29(22,26)4/h5-7,9-10,19,22-23,25-27,30H,8,11-18H2,1-4H3/t22-,23+,25+,26+,27+,28+,29-/m1/s1. The van der Waals surface area contributed by atoms with E-state index in [4.69, 9.17) is 0 Å². The van der Waals surface area contributed by atoms with E-state index in [9.17, 15) is 5.11 Å². The predicted octanol–water partition coefficient (Wildman–Crippen LogP) is 7.84. The molecule has 31 heavy (non-hydrogen) atoms. The second-order valence-corrected chi connectivity index (χ2v) is 13.1. The van der Waals surface area contributed by atoms with Crippen molar-refractivity contribution in [3.8, 4) is 0 Å². The fourth-order valence-electron chi connectivity index (χ4n) is 8.17. The van der Waals surface area contributed by atoms with Gasteiger partial charge in [0.2, 0.25) is 0 Å². The molecule has 2 heteroatoms. The highest BCUT2D eigenvalue weighted by Gasteiger charge is 2.58. The lowest BCUT2D eigenvalue weighted by atomic mass is 9.47. The van der Waals surface area contributed by atoms with E-state index in [-0.39, 0.29) is 6.10 Å². The molecule has 3 fully saturated rings. The molecule has 0 bridgehead atoms. The van der Waals surface area contributed by atoms with Crippen molar-refractivity contribution in [2.24, 2.45) is 34.5 Å². The van der Waals surface area contributed by atoms with E-state index in [1.807, 2.05) is 0 Å². The van der Waals surface area contributed by atoms with Gasteiger partial charge in [0.05, 0.1) is 6.10 Å². The molecule has 4 aliphatic rings. The van der Waals surface area contributed by atoms with Crippen LogP contribution in [0.3, 0.4) is 0 Å². The number of allylic oxidation sites excluding steroid dienone is 1. The van der Waals surface area contributed by atoms with Crippen molar-refractivity contribution >= 4 is 11.8 Å². The number of aliphatic hydroxyl groups is 1. The molecule has 1 aromatic rings. The second-order valence-electron chi connectivity index (χ2n) is 12.0. The molecule has 1 nitrogen and oxygen atoms in total. The Labute approximate surface area is 194 Å². The van der Waals surface area contributed by atoms with Gasteiger partial charge in [-0.1, -0.05) is 51.5 Å². The Hall–Kier alpha value is -0.730. The van der Waals surface area contributed by atoms with Gasteiger partial charge >= 0.3 is 0 Å². The number of hydrogen-bond acceptors (Lipinski definition) is 2. The monoisotopic (exact) mass is 438 g/mol. The topological polar surface area (TPSA) is 20.2 Å². The highest BCUT2D eigenvalue weighted by Crippen LogP contribution is 2.66. The van der Waals surface area contributed by atoms with Crippen molar-refractivity contribution in [2.45, 2.75) is 96.0 Å². The molecule has 0 amide bonds. The van der Waals surface area contributed by atoms with Crippen molar-refractivity contribution in [1.82, 2.24) is 0 Å². The molecule has 1 N–H and O–H groups in total. The first-order valence-corrected chi connectivity index (χ1v) is 13.9. The zero-order valence-electron chi connectivity index (χ0n) is 20.1. The fourth-order valence-corrected chi connectivity index (χ4v) is 9.44. The summed E-state index contributed by atoms with van der Waals surface area (Å²) in [5, 5.41) is 10.2. The summed E-state index contributed by atoms with van der Waals surface area (Å²) < 4.78 is 0. The molecule has 0 heterocycles. The van der Waals surface area contributed by atoms with Crippen LogP contribution in [0.4, 0.5) is 0 Å². The van der Waals surface area contributed by atoms with Gasteiger partial charge in [0.25, 0.3) is 0 Å². The zero-order chi connectivity index (χ0) is 21.8. The van der Waals surface area contributed by atoms with E-state index in [1.165, 1.54) is 54.7 Å². The number of hydrogen-bond donors (Lipinski definition) is 1. The molecule has 0 spiro atoms. The van der Waals surface area contributed by atoms with E-state index in [1.54, 1.807) is 5.57 Å². The lowest BCUT2D eigenvalue weighted by Crippen LogP contribution is -2.50. The van der Waals surface area contributed by atoms with Gasteiger partial charge in [-0.05, 0) is 109 Å². The minimum atomic E-state index is -0.0905. The third kappa shape index (κ3) is 3.74. The third-order valence-corrected chi connectivity index (χ3v) is 11.4. The number of benzene rings is 1. The summed E-state index contributed by atoms with van der Waals surface area (Å²) >= 11 is 2.10. The van der Waals surface area contributed by atoms with Crippen molar-refractivity contribution in [3.05, 3.63) is 41.5 Å². The maximum atomic E-state index is 10.2. The van der Waals surface area contributed by atoms with Crippen LogP contribution in [0.15, 0.2) is 40.8 Å². The molecule has 0 radical (unpaired) electrons. The summed E-state index contributed by atoms with van der Waals surface area (Å²) in [7, 11) is 0. The molecule has 5 rings (SSSR count). The van der Waals surface area contributed by atoms with Gasteiger partial charge in [-0.25, -0.2) is 0 Å². The number of fused-ring (bicyclic) bond motifs is 5. The van der Waals surface area contributed by atoms with Gasteiger partial charge in [0, 0.05) is 10.6 Å². The Kier molecular flexibility index (Phi) is 5.87. The highest BCUT2D eigenvalue weighted by molar-refractivity contribution is 7.99. The number of aliphatic hydroxyl groups excluding tert-OH is 1. The van der Waals surface area contributed by atoms with Gasteiger partial charge in [-0.3, -0.25) is 0 Å². The Bertz CT molecular complexity index is 826. The van der Waals surface area contributed by atoms with Crippen LogP contribution in [0.25, 0.3) is 0 Å². The fraction of sp³-hybridized carbons (Fsp3) is 0.724. The third-order valence-electron chi connectivity index (χ3n) is 10.3. The first-order valence-electron chi connectivity index (χ1n) is 12.9. The summed E-state index contributed by atoms with van der Waals surface area (Å²) in [5.74, 6) is 5.40. The van der Waals surface area contributed by atoms with Crippen LogP contribution in [-0.2, 0) is 0 Å². The van der Waals surface area contributed by atoms with Crippen molar-refractivity contribution in [2.75, 3.05) is 5.75 Å². The smallest absolute Gasteiger partial charge is 0.0577 e. The van der Waals surface area contributed by atoms with Crippen LogP contribution in [-0.4, -0.2) is 17.0 Å². The quantitative estimate of drug-likeness (QED) is 0.381. The van der Waals surface area contributed by atoms with Crippen LogP contribution in [0.1, 0.15) is 90.5 Å². The van der Waals surface area contributed by atoms with Crippen molar-refractivity contribution < 1.29 is 5.11 Å². The van der Waals surface area contributed by atoms with Crippen LogP contribution < -0.4 is 0 Å². The molecular weight excluding hydrogens is 396 g/mol. The van der Waals surface area contributed by atoms with Crippen LogP contribution in [0, 0.1) is 34.5 Å². The van der Waals surface area contributed by atoms with Gasteiger partial charge in [-0.15, -0.1) is 11.8 Å². The minimum absolute atomic E-state index is 0.0905. The van der Waals surface area contributed by atoms with Crippen LogP contribution in [0.5, 0.6) is 0 Å². The molecular formula is C29H42OS. The van der Waals surface area contributed by atoms with Gasteiger partial charge in [0.15, 0.2) is 0 Å². The first-order chi connectivity index (χ1) is 14.8. The molecule has 4 aliphatic carbocycles. The van der Waals surface area contributed by atoms with E-state index in [0.717, 1.165) is 36.5 Å². The predicted molar refractivity (Wildman–Crippen MR) is 132 cm³/mol. The Morgan fingerprint density at radius 2 is 1.77 bits per heavy atom. The average Bonchev–Trinajstić information content (AvgIpc) is 3.09. The summed E-state index contributed by atoms with van der Waals surface area (Å²) in [4.78, 5) is 1.45. The van der Waals surface area contributed by atoms with E-state index in [2.05, 4.69) is 69.8 Å². The van der Waals surface area contributed by atoms with E-state index in [0.29, 0.717) is 16.7 Å². The van der Waals surface area contributed by atoms with Gasteiger partial charge in [0.1, 0.15) is 0 Å². The normalized spacial score (nSPS) is 42.0. The summed E-state index contributed by atoms with van der Waals surface area (Å²) in [5.41, 5.74) is 3.95. The van der Waals surface area contributed by atoms with Crippen molar-refractivity contribution in [1.29, 1.82) is 0 Å². The molecule has 1 aromatic carbocycles. The zero-order valence-corrected chi connectivity index (χ0v) is 20.9. The average molecular weight is 439 g/mol. The molecule has 7 atom stereocenters. The first kappa shape index (κ1) is 22.1.